The summed E-state index contributed by atoms with van der Waals surface area (Å²) >= 11 is 0. The maximum absolute atomic E-state index is 13.9. The van der Waals surface area contributed by atoms with E-state index in [4.69, 9.17) is 0 Å². The Kier molecular flexibility index (Phi) is 8.17. The SMILES string of the molecule is CCCN1C[C@H](C(=O)N(CCCN(C)C)C(=O)NCC)C[C@@H]2c3cccc4[nH]c(CC)c(c34)C[C@H]21. The zero-order chi connectivity index (χ0) is 25.1. The molecule has 7 heteroatoms. The molecule has 4 rings (SSSR count). The van der Waals surface area contributed by atoms with Crippen molar-refractivity contribution in [3.05, 3.63) is 35.0 Å². The van der Waals surface area contributed by atoms with Crippen LogP contribution in [0.5, 0.6) is 0 Å². The number of carbonyl (C=O) groups is 2. The van der Waals surface area contributed by atoms with Crippen LogP contribution in [0.25, 0.3) is 10.9 Å². The first kappa shape index (κ1) is 25.7. The summed E-state index contributed by atoms with van der Waals surface area (Å²) in [4.78, 5) is 36.6. The number of carbonyl (C=O) groups excluding carboxylic acids is 2. The van der Waals surface area contributed by atoms with Gasteiger partial charge in [0.05, 0.1) is 5.92 Å². The first-order valence-corrected chi connectivity index (χ1v) is 13.5. The number of piperidine rings is 1. The van der Waals surface area contributed by atoms with Gasteiger partial charge in [-0.2, -0.15) is 0 Å². The van der Waals surface area contributed by atoms with E-state index in [1.54, 1.807) is 0 Å². The topological polar surface area (TPSA) is 71.7 Å². The number of aromatic amines is 1. The summed E-state index contributed by atoms with van der Waals surface area (Å²) in [5, 5.41) is 4.25. The number of hydrogen-bond acceptors (Lipinski definition) is 4. The summed E-state index contributed by atoms with van der Waals surface area (Å²) in [6.45, 7) is 9.86. The normalized spacial score (nSPS) is 21.8. The number of amides is 3. The lowest BCUT2D eigenvalue weighted by Crippen LogP contribution is -2.55. The number of benzene rings is 1. The van der Waals surface area contributed by atoms with Crippen molar-refractivity contribution >= 4 is 22.8 Å². The van der Waals surface area contributed by atoms with Gasteiger partial charge in [0.1, 0.15) is 0 Å². The number of urea groups is 1. The molecule has 0 saturated carbocycles. The van der Waals surface area contributed by atoms with Crippen LogP contribution < -0.4 is 5.32 Å². The second-order valence-electron chi connectivity index (χ2n) is 10.5. The van der Waals surface area contributed by atoms with E-state index in [0.717, 1.165) is 51.7 Å². The van der Waals surface area contributed by atoms with Gasteiger partial charge in [0.15, 0.2) is 0 Å². The van der Waals surface area contributed by atoms with Crippen molar-refractivity contribution in [2.75, 3.05) is 46.8 Å². The molecule has 1 aromatic carbocycles. The predicted molar refractivity (Wildman–Crippen MR) is 142 cm³/mol. The third kappa shape index (κ3) is 5.12. The summed E-state index contributed by atoms with van der Waals surface area (Å²) in [6.07, 6.45) is 4.67. The predicted octanol–water partition coefficient (Wildman–Crippen LogP) is 3.98. The zero-order valence-corrected chi connectivity index (χ0v) is 22.2. The minimum Gasteiger partial charge on any atom is -0.358 e. The van der Waals surface area contributed by atoms with Gasteiger partial charge < -0.3 is 15.2 Å². The van der Waals surface area contributed by atoms with Crippen LogP contribution in [0, 0.1) is 5.92 Å². The molecule has 3 amide bonds. The number of likely N-dealkylation sites (tertiary alicyclic amines) is 1. The van der Waals surface area contributed by atoms with E-state index in [2.05, 4.69) is 52.1 Å². The standard InChI is InChI=1S/C28H43N5O2/c1-6-13-32-18-19(27(34)33(28(35)29-8-3)15-10-14-31(4)5)16-21-20-11-9-12-24-26(20)22(17-25(21)32)23(7-2)30-24/h9,11-12,19,21,25,30H,6-8,10,13-18H2,1-5H3,(H,29,35)/t19-,21-,25-/m1/s1. The van der Waals surface area contributed by atoms with Crippen molar-refractivity contribution in [3.8, 4) is 0 Å². The number of aryl methyl sites for hydroxylation is 1. The second-order valence-corrected chi connectivity index (χ2v) is 10.5. The monoisotopic (exact) mass is 481 g/mol. The molecule has 7 nitrogen and oxygen atoms in total. The van der Waals surface area contributed by atoms with Crippen LogP contribution in [0.1, 0.15) is 62.8 Å². The van der Waals surface area contributed by atoms with Crippen molar-refractivity contribution in [2.45, 2.75) is 64.8 Å². The van der Waals surface area contributed by atoms with Crippen LogP contribution in [0.4, 0.5) is 4.79 Å². The molecule has 2 aliphatic rings. The molecule has 2 N–H and O–H groups in total. The average molecular weight is 482 g/mol. The van der Waals surface area contributed by atoms with Gasteiger partial charge in [-0.05, 0) is 83.4 Å². The highest BCUT2D eigenvalue weighted by Crippen LogP contribution is 2.46. The van der Waals surface area contributed by atoms with Crippen molar-refractivity contribution in [1.82, 2.24) is 25.0 Å². The fourth-order valence-corrected chi connectivity index (χ4v) is 6.31. The maximum atomic E-state index is 13.9. The molecule has 192 valence electrons. The minimum atomic E-state index is -0.258. The fourth-order valence-electron chi connectivity index (χ4n) is 6.31. The number of rotatable bonds is 9. The van der Waals surface area contributed by atoms with Gasteiger partial charge in [0.25, 0.3) is 0 Å². The Bertz CT molecular complexity index is 1050. The van der Waals surface area contributed by atoms with E-state index < -0.39 is 0 Å². The van der Waals surface area contributed by atoms with E-state index in [-0.39, 0.29) is 17.9 Å². The molecule has 0 radical (unpaired) electrons. The molecule has 3 atom stereocenters. The summed E-state index contributed by atoms with van der Waals surface area (Å²) in [7, 11) is 4.04. The van der Waals surface area contributed by atoms with E-state index in [9.17, 15) is 9.59 Å². The summed E-state index contributed by atoms with van der Waals surface area (Å²) in [5.74, 6) is 0.112. The van der Waals surface area contributed by atoms with E-state index >= 15 is 0 Å². The zero-order valence-electron chi connectivity index (χ0n) is 22.2. The number of hydrogen-bond donors (Lipinski definition) is 2. The molecule has 1 aromatic heterocycles. The van der Waals surface area contributed by atoms with Gasteiger partial charge in [0, 0.05) is 48.2 Å². The quantitative estimate of drug-likeness (QED) is 0.568. The van der Waals surface area contributed by atoms with Crippen molar-refractivity contribution < 1.29 is 9.59 Å². The van der Waals surface area contributed by atoms with Crippen LogP contribution in [0.3, 0.4) is 0 Å². The third-order valence-corrected chi connectivity index (χ3v) is 7.83. The van der Waals surface area contributed by atoms with Crippen molar-refractivity contribution in [1.29, 1.82) is 0 Å². The Balaban J connectivity index is 1.65. The average Bonchev–Trinajstić information content (AvgIpc) is 3.20. The van der Waals surface area contributed by atoms with Gasteiger partial charge >= 0.3 is 6.03 Å². The third-order valence-electron chi connectivity index (χ3n) is 7.83. The first-order valence-electron chi connectivity index (χ1n) is 13.5. The first-order chi connectivity index (χ1) is 16.9. The van der Waals surface area contributed by atoms with E-state index in [0.29, 0.717) is 25.0 Å². The molecule has 1 aliphatic carbocycles. The highest BCUT2D eigenvalue weighted by molar-refractivity contribution is 5.96. The summed E-state index contributed by atoms with van der Waals surface area (Å²) in [5.41, 5.74) is 5.41. The number of aromatic nitrogens is 1. The molecule has 2 aromatic rings. The molecule has 35 heavy (non-hydrogen) atoms. The lowest BCUT2D eigenvalue weighted by atomic mass is 9.71. The highest BCUT2D eigenvalue weighted by Gasteiger charge is 2.44. The molecular weight excluding hydrogens is 438 g/mol. The van der Waals surface area contributed by atoms with Crippen LogP contribution in [-0.2, 0) is 17.6 Å². The van der Waals surface area contributed by atoms with Crippen LogP contribution in [0.15, 0.2) is 18.2 Å². The van der Waals surface area contributed by atoms with Crippen LogP contribution in [0.2, 0.25) is 0 Å². The highest BCUT2D eigenvalue weighted by atomic mass is 16.2. The minimum absolute atomic E-state index is 0.0180. The molecule has 0 bridgehead atoms. The molecule has 2 heterocycles. The molecule has 0 unspecified atom stereocenters. The van der Waals surface area contributed by atoms with Crippen LogP contribution >= 0.6 is 0 Å². The van der Waals surface area contributed by atoms with Crippen molar-refractivity contribution in [3.63, 3.8) is 0 Å². The van der Waals surface area contributed by atoms with Gasteiger partial charge in [-0.15, -0.1) is 0 Å². The Morgan fingerprint density at radius 1 is 1.17 bits per heavy atom. The van der Waals surface area contributed by atoms with Gasteiger partial charge in [-0.25, -0.2) is 4.79 Å². The largest absolute Gasteiger partial charge is 0.358 e. The lowest BCUT2D eigenvalue weighted by molar-refractivity contribution is -0.135. The molecule has 1 aliphatic heterocycles. The van der Waals surface area contributed by atoms with Gasteiger partial charge in [0.2, 0.25) is 5.91 Å². The maximum Gasteiger partial charge on any atom is 0.324 e. The number of nitrogens with zero attached hydrogens (tertiary/aromatic N) is 3. The number of imide groups is 1. The van der Waals surface area contributed by atoms with Gasteiger partial charge in [-0.1, -0.05) is 26.0 Å². The Morgan fingerprint density at radius 3 is 2.66 bits per heavy atom. The smallest absolute Gasteiger partial charge is 0.324 e. The Morgan fingerprint density at radius 2 is 1.97 bits per heavy atom. The molecule has 1 saturated heterocycles. The molecule has 1 fully saturated rings. The number of fused-ring (bicyclic) bond motifs is 2. The van der Waals surface area contributed by atoms with Crippen LogP contribution in [-0.4, -0.2) is 84.5 Å². The Labute approximate surface area is 210 Å². The number of H-pyrrole nitrogens is 1. The summed E-state index contributed by atoms with van der Waals surface area (Å²) < 4.78 is 0. The van der Waals surface area contributed by atoms with Crippen molar-refractivity contribution in [2.24, 2.45) is 5.92 Å². The Hall–Kier alpha value is -2.38. The molecule has 0 spiro atoms. The number of nitrogens with one attached hydrogen (secondary N) is 2. The van der Waals surface area contributed by atoms with E-state index in [1.165, 1.54) is 32.6 Å². The van der Waals surface area contributed by atoms with E-state index in [1.807, 2.05) is 21.0 Å². The second kappa shape index (κ2) is 11.1. The lowest BCUT2D eigenvalue weighted by Gasteiger charge is -2.47. The van der Waals surface area contributed by atoms with Gasteiger partial charge in [-0.3, -0.25) is 14.6 Å². The molecular formula is C28H43N5O2. The fraction of sp³-hybridized carbons (Fsp3) is 0.643. The summed E-state index contributed by atoms with van der Waals surface area (Å²) in [6, 6.07) is 6.75.